The van der Waals surface area contributed by atoms with Crippen molar-refractivity contribution < 1.29 is 0 Å². The largest absolute Gasteiger partial charge is 0.277 e. The van der Waals surface area contributed by atoms with Crippen molar-refractivity contribution in [2.45, 2.75) is 32.7 Å². The first-order valence-electron chi connectivity index (χ1n) is 7.73. The van der Waals surface area contributed by atoms with E-state index in [-0.39, 0.29) is 5.56 Å². The van der Waals surface area contributed by atoms with E-state index in [2.05, 4.69) is 27.7 Å². The molecular formula is C17H20N4O. The molecule has 5 heteroatoms. The summed E-state index contributed by atoms with van der Waals surface area (Å²) >= 11 is 0. The van der Waals surface area contributed by atoms with Crippen LogP contribution in [0.4, 0.5) is 5.95 Å². The summed E-state index contributed by atoms with van der Waals surface area (Å²) in [7, 11) is 0. The zero-order valence-electron chi connectivity index (χ0n) is 12.7. The van der Waals surface area contributed by atoms with Crippen molar-refractivity contribution in [2.24, 2.45) is 11.0 Å². The summed E-state index contributed by atoms with van der Waals surface area (Å²) in [4.78, 5) is 17.0. The van der Waals surface area contributed by atoms with Crippen LogP contribution in [-0.2, 0) is 6.54 Å². The minimum absolute atomic E-state index is 0.0357. The number of fused-ring (bicyclic) bond motifs is 1. The molecule has 0 radical (unpaired) electrons. The van der Waals surface area contributed by atoms with Crippen LogP contribution in [0.3, 0.4) is 0 Å². The molecule has 1 N–H and O–H groups in total. The Kier molecular flexibility index (Phi) is 4.32. The van der Waals surface area contributed by atoms with E-state index >= 15 is 0 Å². The molecule has 1 heterocycles. The van der Waals surface area contributed by atoms with Gasteiger partial charge in [0.05, 0.1) is 10.9 Å². The van der Waals surface area contributed by atoms with Gasteiger partial charge in [-0.05, 0) is 44.2 Å². The van der Waals surface area contributed by atoms with Crippen LogP contribution in [0.2, 0.25) is 0 Å². The first-order valence-corrected chi connectivity index (χ1v) is 7.73. The third-order valence-corrected chi connectivity index (χ3v) is 3.94. The molecule has 0 aliphatic heterocycles. The van der Waals surface area contributed by atoms with Crippen LogP contribution in [0.25, 0.3) is 10.9 Å². The maximum Gasteiger partial charge on any atom is 0.262 e. The van der Waals surface area contributed by atoms with Crippen LogP contribution >= 0.6 is 0 Å². The number of aromatic nitrogens is 2. The SMILES string of the molecule is CCn1c(N/N=C\[C@H]2CC=CCC2)nc2ccccc2c1=O. The zero-order chi connectivity index (χ0) is 15.4. The third-order valence-electron chi connectivity index (χ3n) is 3.94. The van der Waals surface area contributed by atoms with E-state index in [1.807, 2.05) is 31.3 Å². The van der Waals surface area contributed by atoms with Gasteiger partial charge in [-0.2, -0.15) is 5.10 Å². The smallest absolute Gasteiger partial charge is 0.262 e. The normalized spacial score (nSPS) is 18.1. The summed E-state index contributed by atoms with van der Waals surface area (Å²) in [6, 6.07) is 7.38. The van der Waals surface area contributed by atoms with Crippen molar-refractivity contribution in [1.29, 1.82) is 0 Å². The molecule has 1 aliphatic rings. The zero-order valence-corrected chi connectivity index (χ0v) is 12.7. The first-order chi connectivity index (χ1) is 10.8. The number of anilines is 1. The molecule has 114 valence electrons. The van der Waals surface area contributed by atoms with Crippen LogP contribution in [0.15, 0.2) is 46.3 Å². The molecule has 1 atom stereocenters. The lowest BCUT2D eigenvalue weighted by molar-refractivity contribution is 0.626. The average molecular weight is 296 g/mol. The van der Waals surface area contributed by atoms with Crippen LogP contribution in [-0.4, -0.2) is 15.8 Å². The summed E-state index contributed by atoms with van der Waals surface area (Å²) < 4.78 is 1.61. The molecule has 0 amide bonds. The highest BCUT2D eigenvalue weighted by Crippen LogP contribution is 2.16. The molecule has 0 saturated heterocycles. The minimum Gasteiger partial charge on any atom is -0.277 e. The maximum atomic E-state index is 12.5. The predicted molar refractivity (Wildman–Crippen MR) is 90.3 cm³/mol. The maximum absolute atomic E-state index is 12.5. The molecule has 1 aliphatic carbocycles. The Labute approximate surface area is 129 Å². The molecule has 0 fully saturated rings. The lowest BCUT2D eigenvalue weighted by Crippen LogP contribution is -2.23. The number of nitrogens with one attached hydrogen (secondary N) is 1. The van der Waals surface area contributed by atoms with Gasteiger partial charge in [-0.1, -0.05) is 24.3 Å². The fourth-order valence-electron chi connectivity index (χ4n) is 2.70. The van der Waals surface area contributed by atoms with E-state index in [1.165, 1.54) is 0 Å². The number of hydrogen-bond acceptors (Lipinski definition) is 4. The van der Waals surface area contributed by atoms with Gasteiger partial charge in [0.15, 0.2) is 0 Å². The van der Waals surface area contributed by atoms with Gasteiger partial charge in [0.1, 0.15) is 0 Å². The van der Waals surface area contributed by atoms with Gasteiger partial charge in [0, 0.05) is 12.8 Å². The number of para-hydroxylation sites is 1. The molecule has 0 unspecified atom stereocenters. The van der Waals surface area contributed by atoms with Gasteiger partial charge in [0.2, 0.25) is 5.95 Å². The Balaban J connectivity index is 1.88. The Morgan fingerprint density at radius 1 is 1.41 bits per heavy atom. The van der Waals surface area contributed by atoms with Crippen molar-refractivity contribution >= 4 is 23.1 Å². The Bertz CT molecular complexity index is 776. The van der Waals surface area contributed by atoms with Gasteiger partial charge in [-0.25, -0.2) is 10.4 Å². The van der Waals surface area contributed by atoms with E-state index in [0.29, 0.717) is 29.3 Å². The van der Waals surface area contributed by atoms with Crippen LogP contribution < -0.4 is 11.0 Å². The van der Waals surface area contributed by atoms with E-state index < -0.39 is 0 Å². The number of hydrazone groups is 1. The number of rotatable bonds is 4. The van der Waals surface area contributed by atoms with Crippen molar-refractivity contribution in [3.8, 4) is 0 Å². The average Bonchev–Trinajstić information content (AvgIpc) is 2.56. The molecule has 0 spiro atoms. The Hall–Kier alpha value is -2.43. The van der Waals surface area contributed by atoms with Crippen molar-refractivity contribution in [1.82, 2.24) is 9.55 Å². The van der Waals surface area contributed by atoms with Crippen molar-refractivity contribution in [2.75, 3.05) is 5.43 Å². The number of hydrogen-bond donors (Lipinski definition) is 1. The highest BCUT2D eigenvalue weighted by molar-refractivity contribution is 5.78. The topological polar surface area (TPSA) is 59.3 Å². The summed E-state index contributed by atoms with van der Waals surface area (Å²) in [6.07, 6.45) is 9.56. The molecule has 0 bridgehead atoms. The van der Waals surface area contributed by atoms with Crippen LogP contribution in [0, 0.1) is 5.92 Å². The summed E-state index contributed by atoms with van der Waals surface area (Å²) in [5.74, 6) is 0.952. The number of nitrogens with zero attached hydrogens (tertiary/aromatic N) is 3. The van der Waals surface area contributed by atoms with Gasteiger partial charge in [0.25, 0.3) is 5.56 Å². The molecule has 0 saturated carbocycles. The fourth-order valence-corrected chi connectivity index (χ4v) is 2.70. The van der Waals surface area contributed by atoms with Gasteiger partial charge < -0.3 is 0 Å². The Morgan fingerprint density at radius 3 is 3.05 bits per heavy atom. The van der Waals surface area contributed by atoms with E-state index in [0.717, 1.165) is 19.3 Å². The predicted octanol–water partition coefficient (Wildman–Crippen LogP) is 3.17. The minimum atomic E-state index is -0.0357. The molecular weight excluding hydrogens is 276 g/mol. The Morgan fingerprint density at radius 2 is 2.27 bits per heavy atom. The molecule has 3 rings (SSSR count). The van der Waals surface area contributed by atoms with Gasteiger partial charge in [-0.15, -0.1) is 0 Å². The second kappa shape index (κ2) is 6.56. The van der Waals surface area contributed by atoms with Crippen LogP contribution in [0.5, 0.6) is 0 Å². The molecule has 1 aromatic heterocycles. The highest BCUT2D eigenvalue weighted by Gasteiger charge is 2.09. The van der Waals surface area contributed by atoms with Crippen LogP contribution in [0.1, 0.15) is 26.2 Å². The quantitative estimate of drug-likeness (QED) is 0.535. The fraction of sp³-hybridized carbons (Fsp3) is 0.353. The summed E-state index contributed by atoms with van der Waals surface area (Å²) in [5.41, 5.74) is 3.60. The summed E-state index contributed by atoms with van der Waals surface area (Å²) in [5, 5.41) is 4.93. The van der Waals surface area contributed by atoms with Gasteiger partial charge in [-0.3, -0.25) is 9.36 Å². The number of allylic oxidation sites excluding steroid dienone is 2. The second-order valence-corrected chi connectivity index (χ2v) is 5.44. The lowest BCUT2D eigenvalue weighted by Gasteiger charge is -2.13. The standard InChI is InChI=1S/C17H20N4O/c1-2-21-16(22)14-10-6-7-11-15(14)19-17(21)20-18-12-13-8-4-3-5-9-13/h3-4,6-7,10-13H,2,5,8-9H2,1H3,(H,19,20)/b18-12-/t13-/m0/s1. The van der Waals surface area contributed by atoms with Crippen molar-refractivity contribution in [3.63, 3.8) is 0 Å². The highest BCUT2D eigenvalue weighted by atomic mass is 16.1. The molecule has 1 aromatic carbocycles. The monoisotopic (exact) mass is 296 g/mol. The molecule has 5 nitrogen and oxygen atoms in total. The lowest BCUT2D eigenvalue weighted by atomic mass is 9.96. The number of benzene rings is 1. The third kappa shape index (κ3) is 2.93. The van der Waals surface area contributed by atoms with E-state index in [1.54, 1.807) is 10.6 Å². The van der Waals surface area contributed by atoms with E-state index in [4.69, 9.17) is 0 Å². The van der Waals surface area contributed by atoms with Gasteiger partial charge >= 0.3 is 0 Å². The van der Waals surface area contributed by atoms with E-state index in [9.17, 15) is 4.79 Å². The molecule has 22 heavy (non-hydrogen) atoms. The summed E-state index contributed by atoms with van der Waals surface area (Å²) in [6.45, 7) is 2.49. The molecule has 2 aromatic rings. The first kappa shape index (κ1) is 14.5. The van der Waals surface area contributed by atoms with Crippen molar-refractivity contribution in [3.05, 3.63) is 46.8 Å². The second-order valence-electron chi connectivity index (χ2n) is 5.44.